The number of aliphatic hydroxyl groups excluding tert-OH is 2. The van der Waals surface area contributed by atoms with Crippen LogP contribution in [-0.2, 0) is 0 Å². The third-order valence-corrected chi connectivity index (χ3v) is 2.67. The van der Waals surface area contributed by atoms with Gasteiger partial charge in [-0.15, -0.1) is 0 Å². The van der Waals surface area contributed by atoms with Gasteiger partial charge in [0.2, 0.25) is 5.75 Å². The SMILES string of the molecule is Oc1ccc(C(O)C(O)CBr)c(O)c1O. The highest BCUT2D eigenvalue weighted by Gasteiger charge is 2.23. The summed E-state index contributed by atoms with van der Waals surface area (Å²) in [5, 5.41) is 46.6. The van der Waals surface area contributed by atoms with Crippen molar-refractivity contribution in [3.05, 3.63) is 17.7 Å². The van der Waals surface area contributed by atoms with Crippen LogP contribution in [0.3, 0.4) is 0 Å². The smallest absolute Gasteiger partial charge is 0.200 e. The molecule has 0 aromatic heterocycles. The van der Waals surface area contributed by atoms with E-state index in [2.05, 4.69) is 15.9 Å². The van der Waals surface area contributed by atoms with E-state index in [0.717, 1.165) is 6.07 Å². The highest BCUT2D eigenvalue weighted by atomic mass is 79.9. The van der Waals surface area contributed by atoms with E-state index in [1.807, 2.05) is 0 Å². The average Bonchev–Trinajstić information content (AvgIpc) is 2.24. The summed E-state index contributed by atoms with van der Waals surface area (Å²) in [6, 6.07) is 2.34. The van der Waals surface area contributed by atoms with E-state index in [0.29, 0.717) is 0 Å². The number of alkyl halides is 1. The molecule has 0 saturated heterocycles. The number of hydrogen-bond donors (Lipinski definition) is 5. The van der Waals surface area contributed by atoms with Gasteiger partial charge >= 0.3 is 0 Å². The predicted molar refractivity (Wildman–Crippen MR) is 56.2 cm³/mol. The lowest BCUT2D eigenvalue weighted by atomic mass is 10.0. The van der Waals surface area contributed by atoms with Crippen LogP contribution in [0, 0.1) is 0 Å². The molecule has 0 aliphatic rings. The van der Waals surface area contributed by atoms with Crippen molar-refractivity contribution in [3.8, 4) is 17.2 Å². The summed E-state index contributed by atoms with van der Waals surface area (Å²) < 4.78 is 0. The van der Waals surface area contributed by atoms with E-state index in [1.54, 1.807) is 0 Å². The van der Waals surface area contributed by atoms with Gasteiger partial charge in [-0.2, -0.15) is 0 Å². The van der Waals surface area contributed by atoms with Crippen LogP contribution in [0.2, 0.25) is 0 Å². The zero-order valence-corrected chi connectivity index (χ0v) is 9.22. The summed E-state index contributed by atoms with van der Waals surface area (Å²) in [7, 11) is 0. The maximum Gasteiger partial charge on any atom is 0.200 e. The average molecular weight is 279 g/mol. The van der Waals surface area contributed by atoms with E-state index in [4.69, 9.17) is 5.11 Å². The fraction of sp³-hybridized carbons (Fsp3) is 0.333. The lowest BCUT2D eigenvalue weighted by molar-refractivity contribution is 0.0325. The largest absolute Gasteiger partial charge is 0.504 e. The zero-order chi connectivity index (χ0) is 11.6. The third-order valence-electron chi connectivity index (χ3n) is 2.00. The molecule has 0 heterocycles. The standard InChI is InChI=1S/C9H11BrO5/c10-3-6(12)7(13)4-1-2-5(11)9(15)8(4)14/h1-2,6-7,11-15H,3H2. The fourth-order valence-electron chi connectivity index (χ4n) is 1.11. The summed E-state index contributed by atoms with van der Waals surface area (Å²) >= 11 is 2.97. The van der Waals surface area contributed by atoms with Gasteiger partial charge in [0.05, 0.1) is 6.10 Å². The molecule has 2 atom stereocenters. The van der Waals surface area contributed by atoms with Crippen LogP contribution < -0.4 is 0 Å². The second-order valence-corrected chi connectivity index (χ2v) is 3.69. The topological polar surface area (TPSA) is 101 Å². The predicted octanol–water partition coefficient (Wildman–Crippen LogP) is 0.593. The van der Waals surface area contributed by atoms with Gasteiger partial charge in [-0.1, -0.05) is 15.9 Å². The van der Waals surface area contributed by atoms with Crippen LogP contribution in [0.4, 0.5) is 0 Å². The first kappa shape index (κ1) is 12.1. The van der Waals surface area contributed by atoms with E-state index < -0.39 is 29.5 Å². The number of phenolic OH excluding ortho intramolecular Hbond substituents is 3. The zero-order valence-electron chi connectivity index (χ0n) is 7.63. The van der Waals surface area contributed by atoms with Crippen molar-refractivity contribution in [3.63, 3.8) is 0 Å². The molecule has 0 bridgehead atoms. The Kier molecular flexibility index (Phi) is 3.78. The maximum absolute atomic E-state index is 9.55. The van der Waals surface area contributed by atoms with Crippen molar-refractivity contribution >= 4 is 15.9 Å². The molecule has 0 saturated carbocycles. The second-order valence-electron chi connectivity index (χ2n) is 3.04. The molecule has 1 rings (SSSR count). The minimum absolute atomic E-state index is 0.0442. The maximum atomic E-state index is 9.55. The molecular formula is C9H11BrO5. The van der Waals surface area contributed by atoms with Gasteiger partial charge in [0, 0.05) is 10.9 Å². The Balaban J connectivity index is 3.10. The van der Waals surface area contributed by atoms with Crippen LogP contribution in [0.25, 0.3) is 0 Å². The lowest BCUT2D eigenvalue weighted by Crippen LogP contribution is -2.19. The normalized spacial score (nSPS) is 14.9. The van der Waals surface area contributed by atoms with E-state index in [-0.39, 0.29) is 10.9 Å². The molecule has 15 heavy (non-hydrogen) atoms. The third kappa shape index (κ3) is 2.34. The van der Waals surface area contributed by atoms with Crippen LogP contribution >= 0.6 is 15.9 Å². The van der Waals surface area contributed by atoms with Crippen LogP contribution in [-0.4, -0.2) is 37.0 Å². The van der Waals surface area contributed by atoms with Crippen molar-refractivity contribution in [2.45, 2.75) is 12.2 Å². The van der Waals surface area contributed by atoms with Gasteiger partial charge in [-0.05, 0) is 12.1 Å². The molecule has 2 unspecified atom stereocenters. The Bertz CT molecular complexity index is 355. The number of benzene rings is 1. The minimum Gasteiger partial charge on any atom is -0.504 e. The first-order valence-electron chi connectivity index (χ1n) is 4.15. The number of aromatic hydroxyl groups is 3. The van der Waals surface area contributed by atoms with Crippen LogP contribution in [0.5, 0.6) is 17.2 Å². The Hall–Kier alpha value is -0.980. The molecule has 5 N–H and O–H groups in total. The van der Waals surface area contributed by atoms with Gasteiger partial charge in [-0.3, -0.25) is 0 Å². The summed E-state index contributed by atoms with van der Waals surface area (Å²) in [6.07, 6.45) is -2.45. The van der Waals surface area contributed by atoms with E-state index in [9.17, 15) is 20.4 Å². The monoisotopic (exact) mass is 278 g/mol. The molecule has 6 heteroatoms. The van der Waals surface area contributed by atoms with Gasteiger partial charge in [-0.25, -0.2) is 0 Å². The number of phenols is 3. The minimum atomic E-state index is -1.34. The highest BCUT2D eigenvalue weighted by molar-refractivity contribution is 9.09. The Morgan fingerprint density at radius 3 is 2.20 bits per heavy atom. The van der Waals surface area contributed by atoms with Gasteiger partial charge in [0.15, 0.2) is 11.5 Å². The van der Waals surface area contributed by atoms with Gasteiger partial charge in [0.1, 0.15) is 6.10 Å². The molecule has 0 aliphatic carbocycles. The Morgan fingerprint density at radius 1 is 1.07 bits per heavy atom. The first-order chi connectivity index (χ1) is 6.99. The summed E-state index contributed by atoms with van der Waals surface area (Å²) in [6.45, 7) is 0. The number of hydrogen-bond acceptors (Lipinski definition) is 5. The molecule has 5 nitrogen and oxygen atoms in total. The molecule has 1 aromatic carbocycles. The molecule has 0 fully saturated rings. The second kappa shape index (κ2) is 4.69. The van der Waals surface area contributed by atoms with Gasteiger partial charge in [0.25, 0.3) is 0 Å². The Morgan fingerprint density at radius 2 is 1.67 bits per heavy atom. The molecule has 0 radical (unpaired) electrons. The molecule has 84 valence electrons. The van der Waals surface area contributed by atoms with Crippen molar-refractivity contribution in [2.75, 3.05) is 5.33 Å². The number of aliphatic hydroxyl groups is 2. The molecular weight excluding hydrogens is 268 g/mol. The van der Waals surface area contributed by atoms with Crippen molar-refractivity contribution < 1.29 is 25.5 Å². The molecule has 0 spiro atoms. The Labute approximate surface area is 94.4 Å². The molecule has 0 amide bonds. The van der Waals surface area contributed by atoms with Crippen molar-refractivity contribution in [2.24, 2.45) is 0 Å². The first-order valence-corrected chi connectivity index (χ1v) is 5.27. The van der Waals surface area contributed by atoms with E-state index >= 15 is 0 Å². The van der Waals surface area contributed by atoms with Crippen molar-refractivity contribution in [1.82, 2.24) is 0 Å². The number of rotatable bonds is 3. The summed E-state index contributed by atoms with van der Waals surface area (Å²) in [5.74, 6) is -1.84. The number of halogens is 1. The van der Waals surface area contributed by atoms with Crippen LogP contribution in [0.1, 0.15) is 11.7 Å². The lowest BCUT2D eigenvalue weighted by Gasteiger charge is -2.17. The van der Waals surface area contributed by atoms with Gasteiger partial charge < -0.3 is 25.5 Å². The van der Waals surface area contributed by atoms with E-state index in [1.165, 1.54) is 6.07 Å². The fourth-order valence-corrected chi connectivity index (χ4v) is 1.47. The molecule has 0 aliphatic heterocycles. The van der Waals surface area contributed by atoms with Crippen LogP contribution in [0.15, 0.2) is 12.1 Å². The summed E-state index contributed by atoms with van der Waals surface area (Å²) in [5.41, 5.74) is -0.0442. The molecule has 1 aromatic rings. The summed E-state index contributed by atoms with van der Waals surface area (Å²) in [4.78, 5) is 0. The highest BCUT2D eigenvalue weighted by Crippen LogP contribution is 2.40. The van der Waals surface area contributed by atoms with Crippen molar-refractivity contribution in [1.29, 1.82) is 0 Å². The quantitative estimate of drug-likeness (QED) is 0.412.